The molecule has 1 nitrogen and oxygen atoms in total. The Labute approximate surface area is 794 Å². The number of hydrogen-bond acceptors (Lipinski definition) is 1. The molecule has 0 aromatic heterocycles. The Morgan fingerprint density at radius 1 is 0.102 bits per heavy atom. The summed E-state index contributed by atoms with van der Waals surface area (Å²) in [6.07, 6.45) is 0. The maximum atomic E-state index is 2.39. The van der Waals surface area contributed by atoms with E-state index in [9.17, 15) is 0 Å². The van der Waals surface area contributed by atoms with Gasteiger partial charge in [-0.05, 0) is 317 Å². The molecule has 0 aliphatic heterocycles. The first kappa shape index (κ1) is 77.8. The first-order valence-electron chi connectivity index (χ1n) is 47.7. The molecule has 30 rings (SSSR count). The highest BCUT2D eigenvalue weighted by Crippen LogP contribution is 2.66. The summed E-state index contributed by atoms with van der Waals surface area (Å²) in [6.45, 7) is 0. The van der Waals surface area contributed by atoms with E-state index in [1.54, 1.807) is 0 Å². The highest BCUT2D eigenvalue weighted by atomic mass is 15.1. The zero-order chi connectivity index (χ0) is 89.9. The Morgan fingerprint density at radius 2 is 0.307 bits per heavy atom. The van der Waals surface area contributed by atoms with Crippen molar-refractivity contribution in [1.29, 1.82) is 0 Å². The van der Waals surface area contributed by atoms with Crippen LogP contribution in [0.15, 0.2) is 504 Å². The molecule has 0 atom stereocenters. The third kappa shape index (κ3) is 12.1. The zero-order valence-corrected chi connectivity index (χ0v) is 74.9. The van der Waals surface area contributed by atoms with Crippen molar-refractivity contribution < 1.29 is 0 Å². The van der Waals surface area contributed by atoms with E-state index >= 15 is 0 Å². The Hall–Kier alpha value is -17.9. The van der Waals surface area contributed by atoms with Gasteiger partial charge in [-0.25, -0.2) is 0 Å². The first-order chi connectivity index (χ1) is 68.1. The minimum Gasteiger partial charge on any atom is -0.311 e. The molecule has 0 saturated heterocycles. The molecular weight excluding hydrogens is 1650 g/mol. The molecule has 632 valence electrons. The van der Waals surface area contributed by atoms with Crippen molar-refractivity contribution in [3.63, 3.8) is 0 Å². The molecule has 0 amide bonds. The fourth-order valence-electron chi connectivity index (χ4n) is 23.9. The van der Waals surface area contributed by atoms with Crippen LogP contribution in [0.3, 0.4) is 0 Å². The van der Waals surface area contributed by atoms with Crippen LogP contribution < -0.4 is 4.90 Å². The SMILES string of the molecule is c1ccc(C2=C3C(=C(c4ccc(N(c5ccccc5)c5ccccc5)cc4)c4c3ccc3ccccc43)c3ccc4ccccc4c32)cc1.c1ccc2c(C3=C4C(=C(c5cccc6ccccc56)c5c4ccc4ccccc54)c4ccc5ccccc5c43)cccc2c1.c1ccc2cc(C3=C4C(=C(c5cccc6ccccc56)c5c4ccc4ccccc54)c4ccc5ccccc5c43)ccc2c1. The van der Waals surface area contributed by atoms with E-state index in [1.807, 2.05) is 0 Å². The van der Waals surface area contributed by atoms with Gasteiger partial charge >= 0.3 is 0 Å². The van der Waals surface area contributed by atoms with Gasteiger partial charge in [0.2, 0.25) is 0 Å². The van der Waals surface area contributed by atoms with E-state index in [0.29, 0.717) is 0 Å². The highest BCUT2D eigenvalue weighted by Gasteiger charge is 2.44. The molecule has 0 heterocycles. The van der Waals surface area contributed by atoms with Crippen molar-refractivity contribution in [2.45, 2.75) is 0 Å². The van der Waals surface area contributed by atoms with Gasteiger partial charge in [0.05, 0.1) is 0 Å². The molecule has 0 N–H and O–H groups in total. The second kappa shape index (κ2) is 31.4. The monoisotopic (exact) mass is 1730 g/mol. The number of hydrogen-bond donors (Lipinski definition) is 0. The van der Waals surface area contributed by atoms with Crippen LogP contribution >= 0.6 is 0 Å². The topological polar surface area (TPSA) is 3.24 Å². The van der Waals surface area contributed by atoms with Gasteiger partial charge in [0, 0.05) is 17.1 Å². The summed E-state index contributed by atoms with van der Waals surface area (Å²) in [5, 5.41) is 25.6. The van der Waals surface area contributed by atoms with Crippen molar-refractivity contribution in [1.82, 2.24) is 0 Å². The third-order valence-electron chi connectivity index (χ3n) is 29.7. The molecule has 0 fully saturated rings. The maximum Gasteiger partial charge on any atom is 0.0462 e. The molecule has 0 radical (unpaired) electrons. The molecule has 6 aliphatic carbocycles. The summed E-state index contributed by atoms with van der Waals surface area (Å²) in [5.41, 5.74) is 43.1. The van der Waals surface area contributed by atoms with E-state index in [2.05, 4.69) is 508 Å². The molecule has 24 aromatic rings. The second-order valence-electron chi connectivity index (χ2n) is 36.8. The highest BCUT2D eigenvalue weighted by molar-refractivity contribution is 6.43. The van der Waals surface area contributed by atoms with Gasteiger partial charge in [-0.3, -0.25) is 0 Å². The van der Waals surface area contributed by atoms with E-state index in [1.165, 1.54) is 275 Å². The van der Waals surface area contributed by atoms with Gasteiger partial charge in [-0.2, -0.15) is 0 Å². The summed E-state index contributed by atoms with van der Waals surface area (Å²) in [7, 11) is 0. The van der Waals surface area contributed by atoms with Crippen LogP contribution in [0.1, 0.15) is 100 Å². The summed E-state index contributed by atoms with van der Waals surface area (Å²) < 4.78 is 0. The number of benzene rings is 24. The molecule has 6 aliphatic rings. The van der Waals surface area contributed by atoms with Crippen LogP contribution in [0.25, 0.3) is 175 Å². The quantitative estimate of drug-likeness (QED) is 0.139. The van der Waals surface area contributed by atoms with Crippen LogP contribution in [-0.4, -0.2) is 0 Å². The zero-order valence-electron chi connectivity index (χ0n) is 74.9. The Bertz CT molecular complexity index is 9300. The van der Waals surface area contributed by atoms with Crippen LogP contribution in [-0.2, 0) is 0 Å². The molecular formula is C136H83N. The Balaban J connectivity index is 0.000000102. The second-order valence-corrected chi connectivity index (χ2v) is 36.8. The standard InChI is InChI=1S/C48H31N.2C44H26/c1-4-16-34(17-5-1)43-45-39-22-12-10-14-32(39)26-30-41(45)48-44(46-40-23-13-11-15-33(40)27-31-42(46)47(43)48)35-24-28-38(29-25-35)49(36-18-6-2-7-19-36)37-20-8-3-9-21-37;1-5-17-31-27(11-1)15-9-21-35(31)41-39-33-19-7-3-13-29(33)23-25-37(39)44-42(36-22-10-16-28-12-2-6-18-32(28)36)40-34-20-8-4-14-30(34)24-26-38(40)43(41)44;1-2-14-31-26-32(21-20-27(31)10-1)39-40-34-17-7-4-12-29(34)22-24-37(40)44-42(36-19-9-15-28-11-3-6-16-33(28)36)41-35-18-8-5-13-30(35)23-25-38(41)43(39)44/h1-31H;2*1-26H. The minimum absolute atomic E-state index is 1.13. The summed E-state index contributed by atoms with van der Waals surface area (Å²) in [5.74, 6) is 0. The van der Waals surface area contributed by atoms with Gasteiger partial charge in [0.25, 0.3) is 0 Å². The predicted molar refractivity (Wildman–Crippen MR) is 583 cm³/mol. The van der Waals surface area contributed by atoms with Crippen LogP contribution in [0.2, 0.25) is 0 Å². The number of para-hydroxylation sites is 2. The fourth-order valence-corrected chi connectivity index (χ4v) is 23.9. The average Bonchev–Trinajstić information content (AvgIpc) is 1.57. The molecule has 137 heavy (non-hydrogen) atoms. The lowest BCUT2D eigenvalue weighted by Gasteiger charge is -2.25. The molecule has 24 aromatic carbocycles. The first-order valence-corrected chi connectivity index (χ1v) is 47.7. The van der Waals surface area contributed by atoms with Gasteiger partial charge in [-0.15, -0.1) is 0 Å². The lowest BCUT2D eigenvalue weighted by molar-refractivity contribution is 1.28. The van der Waals surface area contributed by atoms with Crippen molar-refractivity contribution >= 4 is 192 Å². The number of allylic oxidation sites excluding steroid dienone is 6. The van der Waals surface area contributed by atoms with Crippen LogP contribution in [0.4, 0.5) is 17.1 Å². The fraction of sp³-hybridized carbons (Fsp3) is 0. The largest absolute Gasteiger partial charge is 0.311 e. The van der Waals surface area contributed by atoms with Gasteiger partial charge < -0.3 is 4.90 Å². The van der Waals surface area contributed by atoms with Crippen molar-refractivity contribution in [2.75, 3.05) is 4.90 Å². The maximum absolute atomic E-state index is 2.39. The molecule has 1 heteroatoms. The predicted octanol–water partition coefficient (Wildman–Crippen LogP) is 35.8. The van der Waals surface area contributed by atoms with Crippen LogP contribution in [0.5, 0.6) is 0 Å². The molecule has 0 bridgehead atoms. The number of rotatable bonds is 9. The summed E-state index contributed by atoms with van der Waals surface area (Å²) in [6, 6.07) is 185. The average molecular weight is 1730 g/mol. The van der Waals surface area contributed by atoms with Gasteiger partial charge in [-0.1, -0.05) is 461 Å². The lowest BCUT2D eigenvalue weighted by Crippen LogP contribution is -2.09. The third-order valence-corrected chi connectivity index (χ3v) is 29.7. The van der Waals surface area contributed by atoms with Gasteiger partial charge in [0.1, 0.15) is 0 Å². The summed E-state index contributed by atoms with van der Waals surface area (Å²) >= 11 is 0. The molecule has 0 saturated carbocycles. The van der Waals surface area contributed by atoms with E-state index in [4.69, 9.17) is 0 Å². The molecule has 0 unspecified atom stereocenters. The van der Waals surface area contributed by atoms with Crippen molar-refractivity contribution in [2.24, 2.45) is 0 Å². The van der Waals surface area contributed by atoms with E-state index in [0.717, 1.165) is 17.1 Å². The Kier molecular flexibility index (Phi) is 17.8. The van der Waals surface area contributed by atoms with E-state index in [-0.39, 0.29) is 0 Å². The smallest absolute Gasteiger partial charge is 0.0462 e. The molecule has 0 spiro atoms. The lowest BCUT2D eigenvalue weighted by atomic mass is 9.85. The minimum atomic E-state index is 1.13. The number of anilines is 3. The van der Waals surface area contributed by atoms with Crippen LogP contribution in [0, 0.1) is 0 Å². The van der Waals surface area contributed by atoms with Crippen molar-refractivity contribution in [3.8, 4) is 0 Å². The number of fused-ring (bicyclic) bond motifs is 31. The summed E-state index contributed by atoms with van der Waals surface area (Å²) in [4.78, 5) is 2.33. The van der Waals surface area contributed by atoms with E-state index < -0.39 is 0 Å². The number of nitrogens with zero attached hydrogens (tertiary/aromatic N) is 1. The van der Waals surface area contributed by atoms with Crippen molar-refractivity contribution in [3.05, 3.63) is 604 Å². The van der Waals surface area contributed by atoms with Gasteiger partial charge in [0.15, 0.2) is 0 Å². The Morgan fingerprint density at radius 3 is 0.620 bits per heavy atom. The normalized spacial score (nSPS) is 13.5.